The van der Waals surface area contributed by atoms with Crippen molar-refractivity contribution in [2.24, 2.45) is 0 Å². The second-order valence-corrected chi connectivity index (χ2v) is 6.54. The van der Waals surface area contributed by atoms with Gasteiger partial charge in [0.1, 0.15) is 0 Å². The molecule has 0 saturated heterocycles. The van der Waals surface area contributed by atoms with E-state index in [1.807, 2.05) is 0 Å². The van der Waals surface area contributed by atoms with Gasteiger partial charge in [-0.1, -0.05) is 39.0 Å². The summed E-state index contributed by atoms with van der Waals surface area (Å²) < 4.78 is 11.7. The smallest absolute Gasteiger partial charge is 0.0493 e. The van der Waals surface area contributed by atoms with E-state index in [1.165, 1.54) is 37.7 Å². The van der Waals surface area contributed by atoms with E-state index in [4.69, 9.17) is 0 Å². The summed E-state index contributed by atoms with van der Waals surface area (Å²) in [5, 5.41) is 4.15. The van der Waals surface area contributed by atoms with Crippen molar-refractivity contribution in [3.05, 3.63) is 22.4 Å². The molecule has 0 aliphatic carbocycles. The normalized spacial score (nSPS) is 12.8. The largest absolute Gasteiger partial charge is 0.259 e. The van der Waals surface area contributed by atoms with E-state index in [0.717, 1.165) is 17.9 Å². The summed E-state index contributed by atoms with van der Waals surface area (Å²) in [4.78, 5) is 0. The number of unbranched alkanes of at least 4 members (excludes halogenated alkanes) is 5. The van der Waals surface area contributed by atoms with Crippen LogP contribution in [-0.2, 0) is 16.6 Å². The maximum Gasteiger partial charge on any atom is 0.0493 e. The van der Waals surface area contributed by atoms with Crippen molar-refractivity contribution in [1.82, 2.24) is 0 Å². The lowest BCUT2D eigenvalue weighted by molar-refractivity contribution is 0.622. The Balaban J connectivity index is 1.98. The molecule has 1 heterocycles. The van der Waals surface area contributed by atoms with E-state index in [-0.39, 0.29) is 0 Å². The fourth-order valence-electron chi connectivity index (χ4n) is 1.68. The Hall–Kier alpha value is -0.150. The highest BCUT2D eigenvalue weighted by atomic mass is 32.2. The fraction of sp³-hybridized carbons (Fsp3) is 0.692. The van der Waals surface area contributed by atoms with Crippen LogP contribution in [-0.4, -0.2) is 9.96 Å². The number of thiophene rings is 1. The molecule has 3 heteroatoms. The quantitative estimate of drug-likeness (QED) is 0.602. The van der Waals surface area contributed by atoms with Crippen LogP contribution in [0.25, 0.3) is 0 Å². The molecule has 1 unspecified atom stereocenters. The first-order valence-corrected chi connectivity index (χ1v) is 8.62. The Morgan fingerprint density at radius 2 is 1.94 bits per heavy atom. The lowest BCUT2D eigenvalue weighted by Gasteiger charge is -2.01. The Morgan fingerprint density at radius 3 is 2.62 bits per heavy atom. The van der Waals surface area contributed by atoms with Gasteiger partial charge in [0, 0.05) is 22.3 Å². The molecule has 0 bridgehead atoms. The van der Waals surface area contributed by atoms with Crippen molar-refractivity contribution < 1.29 is 4.21 Å². The van der Waals surface area contributed by atoms with Crippen molar-refractivity contribution in [2.75, 3.05) is 5.75 Å². The highest BCUT2D eigenvalue weighted by Gasteiger charge is 2.01. The zero-order chi connectivity index (χ0) is 11.6. The monoisotopic (exact) mass is 258 g/mol. The van der Waals surface area contributed by atoms with Crippen molar-refractivity contribution in [1.29, 1.82) is 0 Å². The highest BCUT2D eigenvalue weighted by molar-refractivity contribution is 7.84. The first-order chi connectivity index (χ1) is 7.83. The second kappa shape index (κ2) is 8.94. The third kappa shape index (κ3) is 6.44. The minimum atomic E-state index is -0.650. The van der Waals surface area contributed by atoms with E-state index in [2.05, 4.69) is 23.8 Å². The van der Waals surface area contributed by atoms with Crippen LogP contribution in [0.15, 0.2) is 16.8 Å². The molecule has 0 aliphatic rings. The van der Waals surface area contributed by atoms with E-state index < -0.39 is 10.8 Å². The SMILES string of the molecule is CCCCCCCCS(=O)Cc1ccsc1. The molecule has 0 radical (unpaired) electrons. The molecule has 92 valence electrons. The summed E-state index contributed by atoms with van der Waals surface area (Å²) in [6.45, 7) is 2.23. The highest BCUT2D eigenvalue weighted by Crippen LogP contribution is 2.10. The van der Waals surface area contributed by atoms with E-state index in [0.29, 0.717) is 0 Å². The van der Waals surface area contributed by atoms with Gasteiger partial charge in [-0.15, -0.1) is 0 Å². The Labute approximate surface area is 106 Å². The molecule has 1 nitrogen and oxygen atoms in total. The summed E-state index contributed by atoms with van der Waals surface area (Å²) in [5.41, 5.74) is 1.23. The Morgan fingerprint density at radius 1 is 1.19 bits per heavy atom. The van der Waals surface area contributed by atoms with Crippen LogP contribution in [0, 0.1) is 0 Å². The Kier molecular flexibility index (Phi) is 7.77. The third-order valence-electron chi connectivity index (χ3n) is 2.63. The molecule has 1 aromatic heterocycles. The summed E-state index contributed by atoms with van der Waals surface area (Å²) >= 11 is 1.68. The average Bonchev–Trinajstić information content (AvgIpc) is 2.76. The van der Waals surface area contributed by atoms with E-state index in [1.54, 1.807) is 11.3 Å². The van der Waals surface area contributed by atoms with Gasteiger partial charge in [-0.2, -0.15) is 11.3 Å². The molecule has 0 amide bonds. The number of rotatable bonds is 9. The average molecular weight is 258 g/mol. The maximum absolute atomic E-state index is 11.7. The van der Waals surface area contributed by atoms with Gasteiger partial charge in [0.15, 0.2) is 0 Å². The maximum atomic E-state index is 11.7. The molecule has 16 heavy (non-hydrogen) atoms. The number of hydrogen-bond donors (Lipinski definition) is 0. The van der Waals surface area contributed by atoms with Gasteiger partial charge in [-0.05, 0) is 28.8 Å². The van der Waals surface area contributed by atoms with Crippen LogP contribution in [0.1, 0.15) is 51.0 Å². The topological polar surface area (TPSA) is 17.1 Å². The van der Waals surface area contributed by atoms with E-state index >= 15 is 0 Å². The third-order valence-corrected chi connectivity index (χ3v) is 4.76. The van der Waals surface area contributed by atoms with Crippen molar-refractivity contribution in [3.63, 3.8) is 0 Å². The van der Waals surface area contributed by atoms with Crippen molar-refractivity contribution in [3.8, 4) is 0 Å². The zero-order valence-electron chi connectivity index (χ0n) is 10.1. The summed E-state index contributed by atoms with van der Waals surface area (Å²) in [6.07, 6.45) is 7.66. The molecule has 1 atom stereocenters. The van der Waals surface area contributed by atoms with E-state index in [9.17, 15) is 4.21 Å². The van der Waals surface area contributed by atoms with Crippen LogP contribution >= 0.6 is 11.3 Å². The van der Waals surface area contributed by atoms with Crippen LogP contribution in [0.4, 0.5) is 0 Å². The van der Waals surface area contributed by atoms with Gasteiger partial charge >= 0.3 is 0 Å². The molecule has 0 N–H and O–H groups in total. The number of hydrogen-bond acceptors (Lipinski definition) is 2. The molecular formula is C13H22OS2. The van der Waals surface area contributed by atoms with Gasteiger partial charge in [-0.3, -0.25) is 4.21 Å². The first kappa shape index (κ1) is 13.9. The van der Waals surface area contributed by atoms with Crippen molar-refractivity contribution >= 4 is 22.1 Å². The molecule has 0 saturated carbocycles. The molecule has 0 spiro atoms. The second-order valence-electron chi connectivity index (χ2n) is 4.19. The lowest BCUT2D eigenvalue weighted by Crippen LogP contribution is -2.00. The van der Waals surface area contributed by atoms with Gasteiger partial charge in [-0.25, -0.2) is 0 Å². The van der Waals surface area contributed by atoms with Gasteiger partial charge in [0.2, 0.25) is 0 Å². The summed E-state index contributed by atoms with van der Waals surface area (Å²) in [5.74, 6) is 1.63. The van der Waals surface area contributed by atoms with Gasteiger partial charge < -0.3 is 0 Å². The summed E-state index contributed by atoms with van der Waals surface area (Å²) in [6, 6.07) is 2.07. The van der Waals surface area contributed by atoms with Gasteiger partial charge in [0.05, 0.1) is 0 Å². The first-order valence-electron chi connectivity index (χ1n) is 6.19. The fourth-order valence-corrected chi connectivity index (χ4v) is 3.67. The molecule has 0 aliphatic heterocycles. The van der Waals surface area contributed by atoms with Crippen LogP contribution in [0.3, 0.4) is 0 Å². The van der Waals surface area contributed by atoms with Crippen LogP contribution < -0.4 is 0 Å². The molecule has 1 rings (SSSR count). The Bertz CT molecular complexity index is 280. The molecule has 0 fully saturated rings. The minimum absolute atomic E-state index is 0.650. The predicted octanol–water partition coefficient (Wildman–Crippen LogP) is 4.36. The van der Waals surface area contributed by atoms with Crippen molar-refractivity contribution in [2.45, 2.75) is 51.2 Å². The molecule has 0 aromatic carbocycles. The standard InChI is InChI=1S/C13H22OS2/c1-2-3-4-5-6-7-10-16(14)12-13-8-9-15-11-13/h8-9,11H,2-7,10,12H2,1H3. The minimum Gasteiger partial charge on any atom is -0.259 e. The van der Waals surface area contributed by atoms with Crippen LogP contribution in [0.5, 0.6) is 0 Å². The lowest BCUT2D eigenvalue weighted by atomic mass is 10.1. The predicted molar refractivity (Wildman–Crippen MR) is 74.4 cm³/mol. The molecule has 1 aromatic rings. The zero-order valence-corrected chi connectivity index (χ0v) is 11.7. The van der Waals surface area contributed by atoms with Crippen LogP contribution in [0.2, 0.25) is 0 Å². The summed E-state index contributed by atoms with van der Waals surface area (Å²) in [7, 11) is -0.650. The molecular weight excluding hydrogens is 236 g/mol. The van der Waals surface area contributed by atoms with Gasteiger partial charge in [0.25, 0.3) is 0 Å².